The fourth-order valence-electron chi connectivity index (χ4n) is 4.43. The number of ether oxygens (including phenoxy) is 1. The van der Waals surface area contributed by atoms with Crippen LogP contribution in [0.4, 0.5) is 11.5 Å². The molecule has 0 aliphatic carbocycles. The number of aromatic nitrogens is 3. The Bertz CT molecular complexity index is 1670. The van der Waals surface area contributed by atoms with Crippen molar-refractivity contribution in [3.63, 3.8) is 0 Å². The average molecular weight is 542 g/mol. The number of fused-ring (bicyclic) bond motifs is 1. The van der Waals surface area contributed by atoms with Crippen LogP contribution in [0.3, 0.4) is 0 Å². The Morgan fingerprint density at radius 1 is 0.923 bits per heavy atom. The van der Waals surface area contributed by atoms with Gasteiger partial charge in [-0.2, -0.15) is 0 Å². The van der Waals surface area contributed by atoms with Gasteiger partial charge in [-0.15, -0.1) is 0 Å². The predicted molar refractivity (Wildman–Crippen MR) is 149 cm³/mol. The highest BCUT2D eigenvalue weighted by atomic mass is 32.2. The second-order valence-electron chi connectivity index (χ2n) is 9.43. The molecule has 1 fully saturated rings. The number of hydrogen-bond acceptors (Lipinski definition) is 9. The highest BCUT2D eigenvalue weighted by Gasteiger charge is 2.22. The first kappa shape index (κ1) is 25.0. The molecular formula is C29H27N5O4S. The molecule has 9 nitrogen and oxygen atoms in total. The Balaban J connectivity index is 1.16. The number of rotatable bonds is 8. The summed E-state index contributed by atoms with van der Waals surface area (Å²) >= 11 is 0. The van der Waals surface area contributed by atoms with Crippen LogP contribution >= 0.6 is 0 Å². The number of nitrogens with zero attached hydrogens (tertiary/aromatic N) is 4. The van der Waals surface area contributed by atoms with E-state index >= 15 is 0 Å². The van der Waals surface area contributed by atoms with Crippen molar-refractivity contribution in [2.75, 3.05) is 29.9 Å². The van der Waals surface area contributed by atoms with Crippen molar-refractivity contribution in [1.82, 2.24) is 19.9 Å². The van der Waals surface area contributed by atoms with Crippen molar-refractivity contribution in [1.29, 1.82) is 0 Å². The molecule has 0 atom stereocenters. The summed E-state index contributed by atoms with van der Waals surface area (Å²) in [6, 6.07) is 23.5. The number of pyridine rings is 1. The fourth-order valence-corrected chi connectivity index (χ4v) is 5.71. The van der Waals surface area contributed by atoms with E-state index < -0.39 is 9.84 Å². The van der Waals surface area contributed by atoms with Crippen molar-refractivity contribution >= 4 is 32.2 Å². The van der Waals surface area contributed by atoms with Crippen LogP contribution in [0.1, 0.15) is 11.3 Å². The molecule has 0 spiro atoms. The molecule has 1 aliphatic rings. The minimum Gasteiger partial charge on any atom is -0.489 e. The number of sulfone groups is 1. The van der Waals surface area contributed by atoms with Gasteiger partial charge in [-0.3, -0.25) is 9.88 Å². The van der Waals surface area contributed by atoms with Crippen LogP contribution < -0.4 is 10.1 Å². The van der Waals surface area contributed by atoms with Gasteiger partial charge in [0.1, 0.15) is 36.0 Å². The Labute approximate surface area is 226 Å². The van der Waals surface area contributed by atoms with Gasteiger partial charge in [0.15, 0.2) is 15.6 Å². The summed E-state index contributed by atoms with van der Waals surface area (Å²) < 4.78 is 35.4. The van der Waals surface area contributed by atoms with Gasteiger partial charge < -0.3 is 14.5 Å². The molecule has 4 heterocycles. The molecule has 198 valence electrons. The predicted octanol–water partition coefficient (Wildman–Crippen LogP) is 4.84. The Morgan fingerprint density at radius 3 is 2.51 bits per heavy atom. The Hall–Kier alpha value is -4.28. The van der Waals surface area contributed by atoms with Crippen LogP contribution in [0.2, 0.25) is 0 Å². The molecule has 3 aromatic heterocycles. The third-order valence-electron chi connectivity index (χ3n) is 6.62. The molecule has 2 aromatic carbocycles. The summed E-state index contributed by atoms with van der Waals surface area (Å²) in [5.74, 6) is 3.21. The van der Waals surface area contributed by atoms with Crippen molar-refractivity contribution in [3.05, 3.63) is 96.6 Å². The molecule has 1 N–H and O–H groups in total. The molecule has 1 saturated heterocycles. The summed E-state index contributed by atoms with van der Waals surface area (Å²) in [4.78, 5) is 15.5. The molecule has 0 saturated carbocycles. The average Bonchev–Trinajstić information content (AvgIpc) is 3.43. The van der Waals surface area contributed by atoms with E-state index in [0.717, 1.165) is 28.1 Å². The minimum absolute atomic E-state index is 0.187. The van der Waals surface area contributed by atoms with Crippen LogP contribution in [0, 0.1) is 0 Å². The van der Waals surface area contributed by atoms with Gasteiger partial charge in [0.25, 0.3) is 0 Å². The van der Waals surface area contributed by atoms with Crippen LogP contribution in [0.15, 0.2) is 89.7 Å². The number of hydrogen-bond donors (Lipinski definition) is 1. The zero-order valence-corrected chi connectivity index (χ0v) is 22.0. The monoisotopic (exact) mass is 541 g/mol. The molecule has 5 aromatic rings. The molecule has 0 amide bonds. The first-order valence-electron chi connectivity index (χ1n) is 12.7. The lowest BCUT2D eigenvalue weighted by Crippen LogP contribution is -2.39. The quantitative estimate of drug-likeness (QED) is 0.295. The SMILES string of the molecule is O=S1(=O)CCN(Cc2ccc(-c3cc4c(Nc5ccc(OCc6ccccc6)cc5)ncnc4cn3)o2)CC1. The van der Waals surface area contributed by atoms with Gasteiger partial charge >= 0.3 is 0 Å². The van der Waals surface area contributed by atoms with Gasteiger partial charge in [-0.25, -0.2) is 18.4 Å². The van der Waals surface area contributed by atoms with E-state index in [1.54, 1.807) is 6.20 Å². The molecule has 0 radical (unpaired) electrons. The van der Waals surface area contributed by atoms with E-state index in [9.17, 15) is 8.42 Å². The molecule has 0 bridgehead atoms. The maximum atomic E-state index is 11.7. The summed E-state index contributed by atoms with van der Waals surface area (Å²) in [6.07, 6.45) is 3.21. The zero-order chi connectivity index (χ0) is 26.7. The van der Waals surface area contributed by atoms with Crippen molar-refractivity contribution in [3.8, 4) is 17.2 Å². The summed E-state index contributed by atoms with van der Waals surface area (Å²) in [5, 5.41) is 4.18. The van der Waals surface area contributed by atoms with Gasteiger partial charge in [0.2, 0.25) is 0 Å². The largest absolute Gasteiger partial charge is 0.489 e. The minimum atomic E-state index is -2.92. The second kappa shape index (κ2) is 10.8. The molecule has 39 heavy (non-hydrogen) atoms. The second-order valence-corrected chi connectivity index (χ2v) is 11.7. The van der Waals surface area contributed by atoms with E-state index in [4.69, 9.17) is 9.15 Å². The third-order valence-corrected chi connectivity index (χ3v) is 8.23. The standard InChI is InChI=1S/C29H27N5O4S/c35-39(36)14-12-34(13-15-39)18-24-10-11-28(38-24)26-16-25-27(17-30-26)31-20-32-29(25)33-22-6-8-23(9-7-22)37-19-21-4-2-1-3-5-21/h1-11,16-17,20H,12-15,18-19H2,(H,31,32,33). The smallest absolute Gasteiger partial charge is 0.152 e. The van der Waals surface area contributed by atoms with Gasteiger partial charge in [-0.1, -0.05) is 30.3 Å². The van der Waals surface area contributed by atoms with Gasteiger partial charge in [0.05, 0.1) is 29.8 Å². The summed E-state index contributed by atoms with van der Waals surface area (Å²) in [6.45, 7) is 2.09. The van der Waals surface area contributed by atoms with Crippen LogP contribution in [0.25, 0.3) is 22.4 Å². The topological polar surface area (TPSA) is 110 Å². The van der Waals surface area contributed by atoms with Gasteiger partial charge in [0, 0.05) is 24.2 Å². The number of furan rings is 1. The van der Waals surface area contributed by atoms with Crippen LogP contribution in [-0.4, -0.2) is 52.9 Å². The molecule has 6 rings (SSSR count). The zero-order valence-electron chi connectivity index (χ0n) is 21.2. The highest BCUT2D eigenvalue weighted by molar-refractivity contribution is 7.91. The third kappa shape index (κ3) is 6.08. The maximum Gasteiger partial charge on any atom is 0.152 e. The lowest BCUT2D eigenvalue weighted by molar-refractivity contribution is 0.263. The van der Waals surface area contributed by atoms with E-state index in [1.807, 2.05) is 72.8 Å². The van der Waals surface area contributed by atoms with Gasteiger partial charge in [-0.05, 0) is 48.0 Å². The maximum absolute atomic E-state index is 11.7. The molecule has 1 aliphatic heterocycles. The fraction of sp³-hybridized carbons (Fsp3) is 0.207. The van der Waals surface area contributed by atoms with Crippen molar-refractivity contribution < 1.29 is 17.6 Å². The normalized spacial score (nSPS) is 15.3. The number of benzene rings is 2. The molecule has 0 unspecified atom stereocenters. The van der Waals surface area contributed by atoms with Crippen molar-refractivity contribution in [2.45, 2.75) is 13.2 Å². The van der Waals surface area contributed by atoms with E-state index in [0.29, 0.717) is 49.0 Å². The lowest BCUT2D eigenvalue weighted by Gasteiger charge is -2.25. The first-order valence-corrected chi connectivity index (χ1v) is 14.5. The van der Waals surface area contributed by atoms with E-state index in [-0.39, 0.29) is 11.5 Å². The Morgan fingerprint density at radius 2 is 1.72 bits per heavy atom. The lowest BCUT2D eigenvalue weighted by atomic mass is 10.2. The highest BCUT2D eigenvalue weighted by Crippen LogP contribution is 2.29. The Kier molecular flexibility index (Phi) is 6.95. The number of anilines is 2. The number of nitrogens with one attached hydrogen (secondary N) is 1. The van der Waals surface area contributed by atoms with Crippen LogP contribution in [0.5, 0.6) is 5.75 Å². The summed E-state index contributed by atoms with van der Waals surface area (Å²) in [7, 11) is -2.92. The molecular weight excluding hydrogens is 514 g/mol. The van der Waals surface area contributed by atoms with Crippen LogP contribution in [-0.2, 0) is 23.0 Å². The van der Waals surface area contributed by atoms with E-state index in [2.05, 4.69) is 25.2 Å². The van der Waals surface area contributed by atoms with Crippen molar-refractivity contribution in [2.24, 2.45) is 0 Å². The molecule has 10 heteroatoms. The van der Waals surface area contributed by atoms with E-state index in [1.165, 1.54) is 6.33 Å². The summed E-state index contributed by atoms with van der Waals surface area (Å²) in [5.41, 5.74) is 3.35. The first-order chi connectivity index (χ1) is 19.0.